The summed E-state index contributed by atoms with van der Waals surface area (Å²) in [5, 5.41) is 0. The summed E-state index contributed by atoms with van der Waals surface area (Å²) in [6.07, 6.45) is 4.55. The van der Waals surface area contributed by atoms with Crippen LogP contribution >= 0.6 is 0 Å². The molecule has 1 amide bonds. The van der Waals surface area contributed by atoms with Gasteiger partial charge in [-0.3, -0.25) is 9.36 Å². The van der Waals surface area contributed by atoms with Gasteiger partial charge in [-0.05, 0) is 44.2 Å². The van der Waals surface area contributed by atoms with Crippen molar-refractivity contribution in [3.63, 3.8) is 0 Å². The second-order valence-electron chi connectivity index (χ2n) is 7.64. The molecule has 2 aliphatic heterocycles. The van der Waals surface area contributed by atoms with Crippen LogP contribution in [0.25, 0.3) is 11.1 Å². The first kappa shape index (κ1) is 19.2. The lowest BCUT2D eigenvalue weighted by atomic mass is 9.97. The third-order valence-electron chi connectivity index (χ3n) is 5.80. The lowest BCUT2D eigenvalue weighted by Crippen LogP contribution is -2.47. The Balaban J connectivity index is 1.56. The molecule has 0 spiro atoms. The molecule has 9 heteroatoms. The Hall–Kier alpha value is -2.13. The van der Waals surface area contributed by atoms with E-state index in [1.165, 1.54) is 21.0 Å². The summed E-state index contributed by atoms with van der Waals surface area (Å²) < 4.78 is 34.1. The number of sulfonamides is 1. The van der Waals surface area contributed by atoms with Crippen molar-refractivity contribution in [2.24, 2.45) is 13.0 Å². The molecular formula is C19H25N3O5S. The van der Waals surface area contributed by atoms with Crippen molar-refractivity contribution in [2.75, 3.05) is 26.2 Å². The maximum atomic E-state index is 13.1. The van der Waals surface area contributed by atoms with Crippen LogP contribution in [0.1, 0.15) is 32.1 Å². The number of carbonyl (C=O) groups excluding carboxylic acids is 1. The highest BCUT2D eigenvalue weighted by Crippen LogP contribution is 2.27. The van der Waals surface area contributed by atoms with Crippen LogP contribution in [0.4, 0.5) is 0 Å². The number of nitrogens with zero attached hydrogens (tertiary/aromatic N) is 3. The number of carbonyl (C=O) groups is 1. The molecule has 8 nitrogen and oxygen atoms in total. The number of hydrogen-bond acceptors (Lipinski definition) is 5. The Bertz CT molecular complexity index is 1050. The van der Waals surface area contributed by atoms with Crippen molar-refractivity contribution in [2.45, 2.75) is 37.0 Å². The van der Waals surface area contributed by atoms with Crippen LogP contribution in [-0.4, -0.2) is 54.3 Å². The molecule has 1 aromatic heterocycles. The molecule has 2 fully saturated rings. The predicted molar refractivity (Wildman–Crippen MR) is 103 cm³/mol. The van der Waals surface area contributed by atoms with Crippen molar-refractivity contribution < 1.29 is 17.6 Å². The number of hydrogen-bond donors (Lipinski definition) is 0. The highest BCUT2D eigenvalue weighted by Gasteiger charge is 2.35. The van der Waals surface area contributed by atoms with Gasteiger partial charge in [0.25, 0.3) is 0 Å². The lowest BCUT2D eigenvalue weighted by Gasteiger charge is -2.35. The zero-order valence-corrected chi connectivity index (χ0v) is 16.8. The fourth-order valence-electron chi connectivity index (χ4n) is 4.16. The van der Waals surface area contributed by atoms with E-state index >= 15 is 0 Å². The van der Waals surface area contributed by atoms with Crippen molar-refractivity contribution in [1.29, 1.82) is 0 Å². The summed E-state index contributed by atoms with van der Waals surface area (Å²) in [6.45, 7) is 2.13. The van der Waals surface area contributed by atoms with Gasteiger partial charge in [-0.25, -0.2) is 13.2 Å². The van der Waals surface area contributed by atoms with Gasteiger partial charge in [0.15, 0.2) is 5.58 Å². The molecule has 28 heavy (non-hydrogen) atoms. The van der Waals surface area contributed by atoms with Gasteiger partial charge in [0, 0.05) is 39.3 Å². The quantitative estimate of drug-likeness (QED) is 0.770. The van der Waals surface area contributed by atoms with E-state index < -0.39 is 15.8 Å². The minimum atomic E-state index is -3.76. The third-order valence-corrected chi connectivity index (χ3v) is 7.66. The van der Waals surface area contributed by atoms with Gasteiger partial charge in [-0.2, -0.15) is 4.31 Å². The minimum Gasteiger partial charge on any atom is -0.408 e. The summed E-state index contributed by atoms with van der Waals surface area (Å²) in [5.41, 5.74) is 0.785. The van der Waals surface area contributed by atoms with E-state index in [4.69, 9.17) is 4.42 Å². The Morgan fingerprint density at radius 3 is 2.61 bits per heavy atom. The van der Waals surface area contributed by atoms with E-state index in [0.29, 0.717) is 24.9 Å². The second-order valence-corrected chi connectivity index (χ2v) is 9.58. The van der Waals surface area contributed by atoms with E-state index in [1.807, 2.05) is 4.90 Å². The van der Waals surface area contributed by atoms with E-state index in [9.17, 15) is 18.0 Å². The number of rotatable bonds is 3. The molecule has 0 bridgehead atoms. The molecule has 1 aromatic carbocycles. The Morgan fingerprint density at radius 2 is 1.86 bits per heavy atom. The van der Waals surface area contributed by atoms with Gasteiger partial charge in [-0.15, -0.1) is 0 Å². The van der Waals surface area contributed by atoms with Gasteiger partial charge >= 0.3 is 5.76 Å². The zero-order chi connectivity index (χ0) is 19.9. The molecule has 2 aliphatic rings. The number of fused-ring (bicyclic) bond motifs is 1. The van der Waals surface area contributed by atoms with Gasteiger partial charge in [0.2, 0.25) is 15.9 Å². The number of piperidine rings is 2. The Morgan fingerprint density at radius 1 is 1.11 bits per heavy atom. The summed E-state index contributed by atoms with van der Waals surface area (Å²) in [5.74, 6) is -0.751. The monoisotopic (exact) mass is 407 g/mol. The van der Waals surface area contributed by atoms with Crippen molar-refractivity contribution in [1.82, 2.24) is 13.8 Å². The van der Waals surface area contributed by atoms with Crippen LogP contribution in [0.3, 0.4) is 0 Å². The first-order valence-electron chi connectivity index (χ1n) is 9.76. The molecule has 152 valence electrons. The number of oxazole rings is 1. The number of likely N-dealkylation sites (tertiary alicyclic amines) is 1. The maximum Gasteiger partial charge on any atom is 0.419 e. The maximum absolute atomic E-state index is 13.1. The van der Waals surface area contributed by atoms with Gasteiger partial charge in [0.05, 0.1) is 16.3 Å². The summed E-state index contributed by atoms with van der Waals surface area (Å²) in [7, 11) is -2.19. The van der Waals surface area contributed by atoms with Gasteiger partial charge in [-0.1, -0.05) is 0 Å². The van der Waals surface area contributed by atoms with Crippen LogP contribution < -0.4 is 5.76 Å². The smallest absolute Gasteiger partial charge is 0.408 e. The molecule has 4 rings (SSSR count). The highest BCUT2D eigenvalue weighted by atomic mass is 32.2. The topological polar surface area (TPSA) is 92.8 Å². The van der Waals surface area contributed by atoms with E-state index in [0.717, 1.165) is 32.4 Å². The van der Waals surface area contributed by atoms with E-state index in [2.05, 4.69) is 0 Å². The molecule has 1 atom stereocenters. The molecule has 2 aromatic rings. The molecular weight excluding hydrogens is 382 g/mol. The van der Waals surface area contributed by atoms with Crippen LogP contribution in [0.5, 0.6) is 0 Å². The lowest BCUT2D eigenvalue weighted by molar-refractivity contribution is -0.137. The normalized spacial score (nSPS) is 21.9. The SMILES string of the molecule is Cn1c(=O)oc2cc(S(=O)(=O)N3CCCC(C(=O)N4CCCCC4)C3)ccc21. The standard InChI is InChI=1S/C19H25N3O5S/c1-20-16-8-7-15(12-17(16)27-19(20)24)28(25,26)22-11-5-6-14(13-22)18(23)21-9-3-2-4-10-21/h7-8,12,14H,2-6,9-11,13H2,1H3. The minimum absolute atomic E-state index is 0.0732. The Kier molecular flexibility index (Phi) is 5.05. The summed E-state index contributed by atoms with van der Waals surface area (Å²) >= 11 is 0. The zero-order valence-electron chi connectivity index (χ0n) is 16.0. The van der Waals surface area contributed by atoms with Crippen molar-refractivity contribution in [3.05, 3.63) is 28.7 Å². The molecule has 0 N–H and O–H groups in total. The number of amides is 1. The third kappa shape index (κ3) is 3.37. The number of aryl methyl sites for hydroxylation is 1. The molecule has 0 aliphatic carbocycles. The first-order chi connectivity index (χ1) is 13.4. The van der Waals surface area contributed by atoms with Crippen molar-refractivity contribution >= 4 is 27.0 Å². The predicted octanol–water partition coefficient (Wildman–Crippen LogP) is 1.54. The van der Waals surface area contributed by atoms with Gasteiger partial charge < -0.3 is 9.32 Å². The van der Waals surface area contributed by atoms with Crippen LogP contribution in [-0.2, 0) is 21.9 Å². The van der Waals surface area contributed by atoms with E-state index in [-0.39, 0.29) is 28.8 Å². The summed E-state index contributed by atoms with van der Waals surface area (Å²) in [6, 6.07) is 4.46. The average molecular weight is 407 g/mol. The molecule has 3 heterocycles. The number of benzene rings is 1. The number of aromatic nitrogens is 1. The molecule has 2 saturated heterocycles. The van der Waals surface area contributed by atoms with Crippen molar-refractivity contribution in [3.8, 4) is 0 Å². The Labute approximate surface area is 163 Å². The van der Waals surface area contributed by atoms with Crippen LogP contribution in [0.2, 0.25) is 0 Å². The largest absolute Gasteiger partial charge is 0.419 e. The average Bonchev–Trinajstić information content (AvgIpc) is 3.01. The van der Waals surface area contributed by atoms with E-state index in [1.54, 1.807) is 13.1 Å². The van der Waals surface area contributed by atoms with Crippen LogP contribution in [0.15, 0.2) is 32.3 Å². The molecule has 0 saturated carbocycles. The molecule has 1 unspecified atom stereocenters. The fraction of sp³-hybridized carbons (Fsp3) is 0.579. The van der Waals surface area contributed by atoms with Crippen LogP contribution in [0, 0.1) is 5.92 Å². The second kappa shape index (κ2) is 7.36. The fourth-order valence-corrected chi connectivity index (χ4v) is 5.70. The summed E-state index contributed by atoms with van der Waals surface area (Å²) in [4.78, 5) is 26.5. The van der Waals surface area contributed by atoms with Gasteiger partial charge in [0.1, 0.15) is 0 Å². The molecule has 0 radical (unpaired) electrons. The highest BCUT2D eigenvalue weighted by molar-refractivity contribution is 7.89. The first-order valence-corrected chi connectivity index (χ1v) is 11.2.